The second-order valence-electron chi connectivity index (χ2n) is 6.96. The summed E-state index contributed by atoms with van der Waals surface area (Å²) in [5.74, 6) is -0.738. The fraction of sp³-hybridized carbons (Fsp3) is 0.263. The highest BCUT2D eigenvalue weighted by atomic mass is 35.5. The molecule has 0 aliphatic carbocycles. The molecule has 160 valence electrons. The standard InChI is InChI=1S/C19H15ClN4O6S/c20-13-2-1-12(9-15(13)23(26)27)14-10-31-18(21-14)11-5-7-22(8-6-11)19(25)16-3-4-17(30-16)24(28)29/h1-4,9-11H,5-8H2. The predicted octanol–water partition coefficient (Wildman–Crippen LogP) is 4.89. The zero-order valence-electron chi connectivity index (χ0n) is 15.9. The highest BCUT2D eigenvalue weighted by Crippen LogP contribution is 2.35. The van der Waals surface area contributed by atoms with Gasteiger partial charge in [0.05, 0.1) is 21.7 Å². The van der Waals surface area contributed by atoms with Crippen molar-refractivity contribution in [3.05, 3.63) is 71.7 Å². The second kappa shape index (κ2) is 8.44. The van der Waals surface area contributed by atoms with Crippen LogP contribution in [0.25, 0.3) is 11.3 Å². The first-order chi connectivity index (χ1) is 14.8. The molecule has 0 N–H and O–H groups in total. The molecule has 0 spiro atoms. The molecule has 0 unspecified atom stereocenters. The van der Waals surface area contributed by atoms with E-state index < -0.39 is 15.7 Å². The van der Waals surface area contributed by atoms with Crippen molar-refractivity contribution >= 4 is 40.4 Å². The van der Waals surface area contributed by atoms with Crippen LogP contribution in [0.1, 0.15) is 34.3 Å². The Morgan fingerprint density at radius 1 is 1.16 bits per heavy atom. The van der Waals surface area contributed by atoms with Crippen molar-refractivity contribution in [2.75, 3.05) is 13.1 Å². The largest absolute Gasteiger partial charge is 0.433 e. The van der Waals surface area contributed by atoms with E-state index in [0.717, 1.165) is 11.1 Å². The molecule has 0 radical (unpaired) electrons. The minimum Gasteiger partial charge on any atom is -0.395 e. The van der Waals surface area contributed by atoms with Gasteiger partial charge in [0, 0.05) is 36.0 Å². The van der Waals surface area contributed by atoms with Crippen molar-refractivity contribution in [3.8, 4) is 11.3 Å². The van der Waals surface area contributed by atoms with Crippen LogP contribution in [0, 0.1) is 20.2 Å². The lowest BCUT2D eigenvalue weighted by atomic mass is 9.97. The number of hydrogen-bond donors (Lipinski definition) is 0. The number of furan rings is 1. The number of carbonyl (C=O) groups excluding carboxylic acids is 1. The number of thiazole rings is 1. The predicted molar refractivity (Wildman–Crippen MR) is 112 cm³/mol. The lowest BCUT2D eigenvalue weighted by molar-refractivity contribution is -0.402. The van der Waals surface area contributed by atoms with Gasteiger partial charge in [0.2, 0.25) is 0 Å². The highest BCUT2D eigenvalue weighted by Gasteiger charge is 2.29. The van der Waals surface area contributed by atoms with E-state index >= 15 is 0 Å². The normalized spacial score (nSPS) is 14.5. The van der Waals surface area contributed by atoms with Crippen LogP contribution < -0.4 is 0 Å². The monoisotopic (exact) mass is 462 g/mol. The molecule has 10 nitrogen and oxygen atoms in total. The van der Waals surface area contributed by atoms with Gasteiger partial charge in [-0.2, -0.15) is 0 Å². The molecule has 4 rings (SSSR count). The van der Waals surface area contributed by atoms with Gasteiger partial charge in [-0.25, -0.2) is 4.98 Å². The molecule has 1 aliphatic heterocycles. The second-order valence-corrected chi connectivity index (χ2v) is 8.25. The van der Waals surface area contributed by atoms with Crippen LogP contribution in [0.4, 0.5) is 11.6 Å². The van der Waals surface area contributed by atoms with Crippen molar-refractivity contribution in [2.24, 2.45) is 0 Å². The van der Waals surface area contributed by atoms with Crippen LogP contribution in [-0.2, 0) is 0 Å². The van der Waals surface area contributed by atoms with E-state index in [1.54, 1.807) is 11.0 Å². The summed E-state index contributed by atoms with van der Waals surface area (Å²) < 4.78 is 5.00. The number of amides is 1. The first-order valence-electron chi connectivity index (χ1n) is 9.26. The lowest BCUT2D eigenvalue weighted by Crippen LogP contribution is -2.37. The van der Waals surface area contributed by atoms with Crippen molar-refractivity contribution in [1.82, 2.24) is 9.88 Å². The average molecular weight is 463 g/mol. The van der Waals surface area contributed by atoms with Crippen LogP contribution in [0.15, 0.2) is 40.1 Å². The van der Waals surface area contributed by atoms with Gasteiger partial charge < -0.3 is 9.32 Å². The number of carbonyl (C=O) groups is 1. The van der Waals surface area contributed by atoms with Crippen LogP contribution in [-0.4, -0.2) is 38.7 Å². The third-order valence-corrected chi connectivity index (χ3v) is 6.40. The number of nitrogens with zero attached hydrogens (tertiary/aromatic N) is 4. The Hall–Kier alpha value is -3.31. The van der Waals surface area contributed by atoms with Crippen molar-refractivity contribution in [1.29, 1.82) is 0 Å². The number of nitro groups is 2. The van der Waals surface area contributed by atoms with Gasteiger partial charge in [0.1, 0.15) is 9.95 Å². The fourth-order valence-electron chi connectivity index (χ4n) is 3.45. The Kier molecular flexibility index (Phi) is 5.70. The molecule has 31 heavy (non-hydrogen) atoms. The van der Waals surface area contributed by atoms with E-state index in [1.807, 2.05) is 5.38 Å². The third-order valence-electron chi connectivity index (χ3n) is 5.07. The van der Waals surface area contributed by atoms with E-state index in [-0.39, 0.29) is 28.3 Å². The summed E-state index contributed by atoms with van der Waals surface area (Å²) in [6.07, 6.45) is 1.37. The minimum absolute atomic E-state index is 0.0500. The Labute approximate surface area is 184 Å². The Balaban J connectivity index is 1.42. The minimum atomic E-state index is -0.682. The third kappa shape index (κ3) is 4.28. The molecular formula is C19H15ClN4O6S. The summed E-state index contributed by atoms with van der Waals surface area (Å²) in [5.41, 5.74) is 1.09. The van der Waals surface area contributed by atoms with Crippen LogP contribution in [0.2, 0.25) is 5.02 Å². The van der Waals surface area contributed by atoms with E-state index in [9.17, 15) is 25.0 Å². The molecular weight excluding hydrogens is 448 g/mol. The maximum absolute atomic E-state index is 12.5. The maximum Gasteiger partial charge on any atom is 0.433 e. The zero-order chi connectivity index (χ0) is 22.1. The maximum atomic E-state index is 12.5. The number of piperidine rings is 1. The molecule has 3 heterocycles. The summed E-state index contributed by atoms with van der Waals surface area (Å²) in [7, 11) is 0. The van der Waals surface area contributed by atoms with Crippen molar-refractivity contribution in [3.63, 3.8) is 0 Å². The van der Waals surface area contributed by atoms with E-state index in [2.05, 4.69) is 4.98 Å². The van der Waals surface area contributed by atoms with Crippen molar-refractivity contribution < 1.29 is 19.1 Å². The summed E-state index contributed by atoms with van der Waals surface area (Å²) in [6, 6.07) is 7.06. The molecule has 1 aromatic carbocycles. The van der Waals surface area contributed by atoms with E-state index in [4.69, 9.17) is 16.0 Å². The van der Waals surface area contributed by atoms with Gasteiger partial charge in [0.25, 0.3) is 11.6 Å². The first-order valence-corrected chi connectivity index (χ1v) is 10.5. The van der Waals surface area contributed by atoms with Crippen LogP contribution in [0.5, 0.6) is 0 Å². The molecule has 12 heteroatoms. The van der Waals surface area contributed by atoms with Crippen molar-refractivity contribution in [2.45, 2.75) is 18.8 Å². The molecule has 3 aromatic rings. The molecule has 0 atom stereocenters. The van der Waals surface area contributed by atoms with Gasteiger partial charge >= 0.3 is 5.88 Å². The molecule has 1 amide bonds. The average Bonchev–Trinajstić information content (AvgIpc) is 3.44. The summed E-state index contributed by atoms with van der Waals surface area (Å²) in [6.45, 7) is 0.943. The lowest BCUT2D eigenvalue weighted by Gasteiger charge is -2.30. The van der Waals surface area contributed by atoms with Crippen LogP contribution >= 0.6 is 22.9 Å². The van der Waals surface area contributed by atoms with Gasteiger partial charge in [-0.1, -0.05) is 17.7 Å². The number of rotatable bonds is 5. The van der Waals surface area contributed by atoms with Crippen LogP contribution in [0.3, 0.4) is 0 Å². The number of nitro benzene ring substituents is 1. The van der Waals surface area contributed by atoms with Gasteiger partial charge in [-0.3, -0.25) is 25.0 Å². The Bertz CT molecular complexity index is 1170. The summed E-state index contributed by atoms with van der Waals surface area (Å²) in [4.78, 5) is 39.4. The van der Waals surface area contributed by atoms with E-state index in [0.29, 0.717) is 37.2 Å². The first kappa shape index (κ1) is 20.9. The van der Waals surface area contributed by atoms with E-state index in [1.165, 1.54) is 29.5 Å². The fourth-order valence-corrected chi connectivity index (χ4v) is 4.63. The van der Waals surface area contributed by atoms with Gasteiger partial charge in [-0.15, -0.1) is 11.3 Å². The highest BCUT2D eigenvalue weighted by molar-refractivity contribution is 7.10. The smallest absolute Gasteiger partial charge is 0.395 e. The number of hydrogen-bond acceptors (Lipinski definition) is 8. The quantitative estimate of drug-likeness (QED) is 0.389. The number of benzene rings is 1. The molecule has 2 aromatic heterocycles. The molecule has 1 fully saturated rings. The van der Waals surface area contributed by atoms with Gasteiger partial charge in [0.15, 0.2) is 5.76 Å². The molecule has 1 saturated heterocycles. The number of likely N-dealkylation sites (tertiary alicyclic amines) is 1. The molecule has 0 saturated carbocycles. The number of halogens is 1. The summed E-state index contributed by atoms with van der Waals surface area (Å²) in [5, 5.41) is 24.7. The SMILES string of the molecule is O=C(c1ccc([N+](=O)[O-])o1)N1CCC(c2nc(-c3ccc(Cl)c([N+](=O)[O-])c3)cs2)CC1. The Morgan fingerprint density at radius 2 is 1.90 bits per heavy atom. The molecule has 0 bridgehead atoms. The Morgan fingerprint density at radius 3 is 2.55 bits per heavy atom. The topological polar surface area (TPSA) is 133 Å². The number of aromatic nitrogens is 1. The van der Waals surface area contributed by atoms with Gasteiger partial charge in [-0.05, 0) is 25.0 Å². The summed E-state index contributed by atoms with van der Waals surface area (Å²) >= 11 is 7.35. The molecule has 1 aliphatic rings. The zero-order valence-corrected chi connectivity index (χ0v) is 17.5.